The molecule has 1 aromatic heterocycles. The highest BCUT2D eigenvalue weighted by Gasteiger charge is 2.24. The van der Waals surface area contributed by atoms with Gasteiger partial charge in [-0.25, -0.2) is 9.78 Å². The van der Waals surface area contributed by atoms with E-state index >= 15 is 0 Å². The molecule has 1 aliphatic carbocycles. The Bertz CT molecular complexity index is 1110. The Balaban J connectivity index is 1.81. The second-order valence-corrected chi connectivity index (χ2v) is 6.96. The molecule has 0 fully saturated rings. The number of nitrogens with zero attached hydrogens (tertiary/aromatic N) is 1. The predicted octanol–water partition coefficient (Wildman–Crippen LogP) is 4.77. The lowest BCUT2D eigenvalue weighted by Crippen LogP contribution is -2.13. The summed E-state index contributed by atoms with van der Waals surface area (Å²) in [4.78, 5) is 28.0. The van der Waals surface area contributed by atoms with Crippen molar-refractivity contribution in [3.8, 4) is 0 Å². The first-order valence-corrected chi connectivity index (χ1v) is 9.26. The van der Waals surface area contributed by atoms with Crippen molar-refractivity contribution in [1.82, 2.24) is 4.98 Å². The lowest BCUT2D eigenvalue weighted by Gasteiger charge is -2.21. The van der Waals surface area contributed by atoms with Crippen LogP contribution in [0.25, 0.3) is 22.6 Å². The molecular weight excluding hydrogens is 352 g/mol. The number of hydrogen-bond acceptors (Lipinski definition) is 3. The normalized spacial score (nSPS) is 14.7. The van der Waals surface area contributed by atoms with Crippen molar-refractivity contribution < 1.29 is 14.7 Å². The number of carbonyl (C=O) groups is 2. The Kier molecular flexibility index (Phi) is 4.65. The number of carboxylic acids is 1. The zero-order valence-corrected chi connectivity index (χ0v) is 15.5. The van der Waals surface area contributed by atoms with Crippen molar-refractivity contribution in [3.05, 3.63) is 70.9 Å². The zero-order valence-electron chi connectivity index (χ0n) is 15.5. The van der Waals surface area contributed by atoms with E-state index in [4.69, 9.17) is 4.98 Å². The quantitative estimate of drug-likeness (QED) is 0.694. The van der Waals surface area contributed by atoms with Crippen LogP contribution in [0.2, 0.25) is 0 Å². The maximum Gasteiger partial charge on any atom is 0.336 e. The Morgan fingerprint density at radius 1 is 1.07 bits per heavy atom. The molecule has 4 rings (SSSR count). The summed E-state index contributed by atoms with van der Waals surface area (Å²) < 4.78 is 0. The number of pyridine rings is 1. The molecule has 5 nitrogen and oxygen atoms in total. The molecule has 0 saturated carbocycles. The molecule has 3 aromatic rings. The van der Waals surface area contributed by atoms with E-state index in [0.717, 1.165) is 40.9 Å². The number of anilines is 1. The minimum absolute atomic E-state index is 0.107. The summed E-state index contributed by atoms with van der Waals surface area (Å²) in [6.07, 6.45) is 4.52. The van der Waals surface area contributed by atoms with Gasteiger partial charge in [0.2, 0.25) is 5.91 Å². The van der Waals surface area contributed by atoms with Gasteiger partial charge in [-0.2, -0.15) is 0 Å². The molecule has 1 aliphatic rings. The molecule has 2 aromatic carbocycles. The van der Waals surface area contributed by atoms with Gasteiger partial charge in [0, 0.05) is 18.0 Å². The standard InChI is InChI=1S/C23H20N2O3/c1-14(26)24-17-11-9-15(10-12-17)13-16-5-4-7-19-21(23(27)28)18-6-2-3-8-20(18)25-22(16)19/h2-3,6,8-13H,4-5,7H2,1H3,(H,24,26)(H,27,28). The highest BCUT2D eigenvalue weighted by molar-refractivity contribution is 6.05. The van der Waals surface area contributed by atoms with Crippen molar-refractivity contribution in [3.63, 3.8) is 0 Å². The van der Waals surface area contributed by atoms with Crippen molar-refractivity contribution in [1.29, 1.82) is 0 Å². The van der Waals surface area contributed by atoms with Gasteiger partial charge in [0.25, 0.3) is 0 Å². The van der Waals surface area contributed by atoms with Gasteiger partial charge in [0.05, 0.1) is 16.8 Å². The molecule has 1 amide bonds. The third kappa shape index (κ3) is 3.39. The summed E-state index contributed by atoms with van der Waals surface area (Å²) >= 11 is 0. The molecule has 5 heteroatoms. The Hall–Kier alpha value is -3.47. The number of carboxylic acid groups (broad SMARTS) is 1. The maximum absolute atomic E-state index is 12.0. The van der Waals surface area contributed by atoms with E-state index in [9.17, 15) is 14.7 Å². The van der Waals surface area contributed by atoms with Crippen LogP contribution in [0, 0.1) is 0 Å². The Morgan fingerprint density at radius 3 is 2.54 bits per heavy atom. The van der Waals surface area contributed by atoms with Crippen LogP contribution in [0.5, 0.6) is 0 Å². The third-order valence-corrected chi connectivity index (χ3v) is 4.96. The van der Waals surface area contributed by atoms with Gasteiger partial charge >= 0.3 is 5.97 Å². The number of nitrogens with one attached hydrogen (secondary N) is 1. The van der Waals surface area contributed by atoms with E-state index in [1.54, 1.807) is 0 Å². The van der Waals surface area contributed by atoms with Gasteiger partial charge in [-0.3, -0.25) is 4.79 Å². The first-order valence-electron chi connectivity index (χ1n) is 9.26. The molecule has 0 bridgehead atoms. The highest BCUT2D eigenvalue weighted by atomic mass is 16.4. The summed E-state index contributed by atoms with van der Waals surface area (Å²) in [6.45, 7) is 1.48. The average molecular weight is 372 g/mol. The molecule has 0 atom stereocenters. The molecule has 0 aliphatic heterocycles. The summed E-state index contributed by atoms with van der Waals surface area (Å²) in [5.41, 5.74) is 5.45. The number of rotatable bonds is 3. The minimum atomic E-state index is -0.907. The van der Waals surface area contributed by atoms with Crippen LogP contribution in [0.15, 0.2) is 48.5 Å². The first-order chi connectivity index (χ1) is 13.5. The number of fused-ring (bicyclic) bond motifs is 2. The van der Waals surface area contributed by atoms with Crippen LogP contribution in [0.3, 0.4) is 0 Å². The van der Waals surface area contributed by atoms with E-state index in [2.05, 4.69) is 11.4 Å². The number of allylic oxidation sites excluding steroid dienone is 1. The number of hydrogen-bond donors (Lipinski definition) is 2. The van der Waals surface area contributed by atoms with Crippen LogP contribution in [0.1, 0.15) is 46.9 Å². The number of benzene rings is 2. The van der Waals surface area contributed by atoms with Gasteiger partial charge < -0.3 is 10.4 Å². The summed E-state index contributed by atoms with van der Waals surface area (Å²) in [5, 5.41) is 13.3. The first kappa shape index (κ1) is 17.9. The molecule has 0 radical (unpaired) electrons. The zero-order chi connectivity index (χ0) is 19.7. The fraction of sp³-hybridized carbons (Fsp3) is 0.174. The van der Waals surface area contributed by atoms with E-state index in [1.165, 1.54) is 6.92 Å². The predicted molar refractivity (Wildman–Crippen MR) is 110 cm³/mol. The average Bonchev–Trinajstić information content (AvgIpc) is 2.67. The molecule has 28 heavy (non-hydrogen) atoms. The van der Waals surface area contributed by atoms with E-state index < -0.39 is 5.97 Å². The minimum Gasteiger partial charge on any atom is -0.478 e. The summed E-state index contributed by atoms with van der Waals surface area (Å²) in [7, 11) is 0. The topological polar surface area (TPSA) is 79.3 Å². The number of aromatic carboxylic acids is 1. The van der Waals surface area contributed by atoms with Crippen LogP contribution in [-0.4, -0.2) is 22.0 Å². The smallest absolute Gasteiger partial charge is 0.336 e. The number of amides is 1. The molecular formula is C23H20N2O3. The highest BCUT2D eigenvalue weighted by Crippen LogP contribution is 2.36. The van der Waals surface area contributed by atoms with Crippen LogP contribution in [0.4, 0.5) is 5.69 Å². The molecule has 0 saturated heterocycles. The lowest BCUT2D eigenvalue weighted by molar-refractivity contribution is -0.114. The molecule has 0 spiro atoms. The number of carbonyl (C=O) groups excluding carboxylic acids is 1. The fourth-order valence-electron chi connectivity index (χ4n) is 3.79. The Labute approximate surface area is 162 Å². The molecule has 1 heterocycles. The van der Waals surface area contributed by atoms with Crippen molar-refractivity contribution in [2.75, 3.05) is 5.32 Å². The lowest BCUT2D eigenvalue weighted by atomic mass is 9.86. The SMILES string of the molecule is CC(=O)Nc1ccc(C=C2CCCc3c2nc2ccccc2c3C(=O)O)cc1. The maximum atomic E-state index is 12.0. The van der Waals surface area contributed by atoms with Gasteiger partial charge in [-0.1, -0.05) is 30.3 Å². The summed E-state index contributed by atoms with van der Waals surface area (Å²) in [6, 6.07) is 15.0. The molecule has 140 valence electrons. The second kappa shape index (κ2) is 7.27. The second-order valence-electron chi connectivity index (χ2n) is 6.96. The van der Waals surface area contributed by atoms with Crippen LogP contribution < -0.4 is 5.32 Å². The molecule has 0 unspecified atom stereocenters. The van der Waals surface area contributed by atoms with Gasteiger partial charge in [0.15, 0.2) is 0 Å². The van der Waals surface area contributed by atoms with Crippen molar-refractivity contribution in [2.45, 2.75) is 26.2 Å². The largest absolute Gasteiger partial charge is 0.478 e. The van der Waals surface area contributed by atoms with Crippen molar-refractivity contribution >= 4 is 40.1 Å². The van der Waals surface area contributed by atoms with Crippen molar-refractivity contribution in [2.24, 2.45) is 0 Å². The van der Waals surface area contributed by atoms with Crippen LogP contribution >= 0.6 is 0 Å². The molecule has 2 N–H and O–H groups in total. The monoisotopic (exact) mass is 372 g/mol. The fourth-order valence-corrected chi connectivity index (χ4v) is 3.79. The van der Waals surface area contributed by atoms with E-state index in [1.807, 2.05) is 48.5 Å². The third-order valence-electron chi connectivity index (χ3n) is 4.96. The Morgan fingerprint density at radius 2 is 1.82 bits per heavy atom. The van der Waals surface area contributed by atoms with Gasteiger partial charge in [0.1, 0.15) is 0 Å². The van der Waals surface area contributed by atoms with Gasteiger partial charge in [-0.15, -0.1) is 0 Å². The van der Waals surface area contributed by atoms with E-state index in [0.29, 0.717) is 22.9 Å². The summed E-state index contributed by atoms with van der Waals surface area (Å²) in [5.74, 6) is -1.01. The number of aromatic nitrogens is 1. The van der Waals surface area contributed by atoms with Gasteiger partial charge in [-0.05, 0) is 60.2 Å². The number of para-hydroxylation sites is 1. The van der Waals surface area contributed by atoms with Crippen LogP contribution in [-0.2, 0) is 11.2 Å². The van der Waals surface area contributed by atoms with E-state index in [-0.39, 0.29) is 5.91 Å².